The van der Waals surface area contributed by atoms with E-state index in [0.29, 0.717) is 0 Å². The van der Waals surface area contributed by atoms with Gasteiger partial charge in [-0.2, -0.15) is 10.2 Å². The average molecular weight is 236 g/mol. The first-order chi connectivity index (χ1) is 7.69. The summed E-state index contributed by atoms with van der Waals surface area (Å²) in [5.41, 5.74) is 0.865. The lowest BCUT2D eigenvalue weighted by molar-refractivity contribution is 0.00578. The molecule has 1 rings (SSSR count). The molecule has 1 saturated heterocycles. The molecule has 0 spiro atoms. The van der Waals surface area contributed by atoms with Crippen LogP contribution in [-0.4, -0.2) is 25.4 Å². The molecule has 0 bridgehead atoms. The second-order valence-corrected chi connectivity index (χ2v) is 5.25. The fraction of sp³-hybridized carbons (Fsp3) is 0.667. The Morgan fingerprint density at radius 3 is 2.06 bits per heavy atom. The van der Waals surface area contributed by atoms with Crippen molar-refractivity contribution >= 4 is 7.12 Å². The Bertz CT molecular complexity index is 357. The third-order valence-electron chi connectivity index (χ3n) is 3.21. The summed E-state index contributed by atoms with van der Waals surface area (Å²) in [4.78, 5) is 0. The zero-order valence-corrected chi connectivity index (χ0v) is 11.6. The minimum absolute atomic E-state index is 0.339. The molecule has 0 amide bonds. The lowest BCUT2D eigenvalue weighted by atomic mass is 9.79. The Labute approximate surface area is 104 Å². The van der Waals surface area contributed by atoms with Crippen LogP contribution >= 0.6 is 0 Å². The predicted octanol–water partition coefficient (Wildman–Crippen LogP) is 3.16. The van der Waals surface area contributed by atoms with Crippen LogP contribution in [0.5, 0.6) is 0 Å². The van der Waals surface area contributed by atoms with Crippen LogP contribution in [0.4, 0.5) is 0 Å². The highest BCUT2D eigenvalue weighted by Gasteiger charge is 2.51. The fourth-order valence-corrected chi connectivity index (χ4v) is 1.52. The first kappa shape index (κ1) is 14.1. The van der Waals surface area contributed by atoms with Gasteiger partial charge < -0.3 is 9.31 Å². The van der Waals surface area contributed by atoms with Gasteiger partial charge in [-0.05, 0) is 46.2 Å². The van der Waals surface area contributed by atoms with Crippen LogP contribution in [0, 0.1) is 0 Å². The highest BCUT2D eigenvalue weighted by molar-refractivity contribution is 6.55. The normalized spacial score (nSPS) is 23.4. The van der Waals surface area contributed by atoms with Gasteiger partial charge in [0.25, 0.3) is 0 Å². The van der Waals surface area contributed by atoms with Crippen molar-refractivity contribution in [2.45, 2.75) is 45.8 Å². The van der Waals surface area contributed by atoms with Gasteiger partial charge in [-0.15, -0.1) is 0 Å². The molecule has 17 heavy (non-hydrogen) atoms. The van der Waals surface area contributed by atoms with E-state index in [1.54, 1.807) is 7.05 Å². The Balaban J connectivity index is 2.79. The maximum atomic E-state index is 5.87. The van der Waals surface area contributed by atoms with E-state index in [1.165, 1.54) is 0 Å². The summed E-state index contributed by atoms with van der Waals surface area (Å²) in [5, 5.41) is 7.63. The number of allylic oxidation sites excluding steroid dienone is 3. The van der Waals surface area contributed by atoms with Gasteiger partial charge in [0, 0.05) is 7.05 Å². The van der Waals surface area contributed by atoms with Crippen molar-refractivity contribution in [1.29, 1.82) is 0 Å². The summed E-state index contributed by atoms with van der Waals surface area (Å²) in [6.07, 6.45) is 1.83. The molecular weight excluding hydrogens is 215 g/mol. The molecule has 0 radical (unpaired) electrons. The van der Waals surface area contributed by atoms with E-state index in [9.17, 15) is 0 Å². The van der Waals surface area contributed by atoms with Gasteiger partial charge in [-0.3, -0.25) is 0 Å². The van der Waals surface area contributed by atoms with Crippen molar-refractivity contribution in [1.82, 2.24) is 0 Å². The SMILES string of the molecule is C=C(/C=C(/C)N=NC)B1OC(C)(C)C(C)(C)O1. The third kappa shape index (κ3) is 3.04. The fourth-order valence-electron chi connectivity index (χ4n) is 1.52. The van der Waals surface area contributed by atoms with Crippen molar-refractivity contribution in [2.75, 3.05) is 7.05 Å². The zero-order valence-electron chi connectivity index (χ0n) is 11.6. The number of nitrogens with zero attached hydrogens (tertiary/aromatic N) is 2. The minimum Gasteiger partial charge on any atom is -0.399 e. The van der Waals surface area contributed by atoms with Crippen molar-refractivity contribution in [3.63, 3.8) is 0 Å². The summed E-state index contributed by atoms with van der Waals surface area (Å²) < 4.78 is 11.7. The van der Waals surface area contributed by atoms with Crippen LogP contribution in [0.25, 0.3) is 0 Å². The Kier molecular flexibility index (Phi) is 3.94. The molecule has 4 nitrogen and oxygen atoms in total. The second kappa shape index (κ2) is 4.74. The first-order valence-electron chi connectivity index (χ1n) is 5.72. The molecule has 0 aromatic carbocycles. The lowest BCUT2D eigenvalue weighted by Crippen LogP contribution is -2.41. The van der Waals surface area contributed by atoms with Gasteiger partial charge in [0.1, 0.15) is 0 Å². The molecule has 1 fully saturated rings. The van der Waals surface area contributed by atoms with Crippen molar-refractivity contribution in [3.8, 4) is 0 Å². The van der Waals surface area contributed by atoms with E-state index >= 15 is 0 Å². The lowest BCUT2D eigenvalue weighted by Gasteiger charge is -2.32. The molecule has 0 aromatic heterocycles. The Morgan fingerprint density at radius 2 is 1.65 bits per heavy atom. The van der Waals surface area contributed by atoms with Crippen molar-refractivity contribution in [2.24, 2.45) is 10.2 Å². The van der Waals surface area contributed by atoms with Gasteiger partial charge in [-0.1, -0.05) is 6.58 Å². The van der Waals surface area contributed by atoms with Crippen molar-refractivity contribution in [3.05, 3.63) is 23.8 Å². The van der Waals surface area contributed by atoms with Gasteiger partial charge in [0.2, 0.25) is 0 Å². The van der Waals surface area contributed by atoms with E-state index in [1.807, 2.05) is 40.7 Å². The molecule has 5 heteroatoms. The molecule has 0 aliphatic carbocycles. The topological polar surface area (TPSA) is 43.2 Å². The smallest absolute Gasteiger partial charge is 0.399 e. The molecule has 0 atom stereocenters. The minimum atomic E-state index is -0.415. The Hall–Kier alpha value is -0.935. The van der Waals surface area contributed by atoms with Crippen LogP contribution in [0.1, 0.15) is 34.6 Å². The van der Waals surface area contributed by atoms with Crippen molar-refractivity contribution < 1.29 is 9.31 Å². The highest BCUT2D eigenvalue weighted by atomic mass is 16.7. The number of rotatable bonds is 3. The maximum absolute atomic E-state index is 5.87. The molecule has 1 heterocycles. The van der Waals surface area contributed by atoms with Crippen LogP contribution in [0.15, 0.2) is 34.1 Å². The van der Waals surface area contributed by atoms with Gasteiger partial charge in [-0.25, -0.2) is 0 Å². The molecule has 0 saturated carbocycles. The molecule has 1 aliphatic rings. The van der Waals surface area contributed by atoms with Gasteiger partial charge in [0.15, 0.2) is 0 Å². The summed E-state index contributed by atoms with van der Waals surface area (Å²) in [7, 11) is 1.22. The van der Waals surface area contributed by atoms with Gasteiger partial charge >= 0.3 is 7.12 Å². The zero-order chi connectivity index (χ0) is 13.3. The molecule has 1 aliphatic heterocycles. The second-order valence-electron chi connectivity index (χ2n) is 5.25. The van der Waals surface area contributed by atoms with Crippen LogP contribution in [0.2, 0.25) is 0 Å². The Morgan fingerprint density at radius 1 is 1.18 bits per heavy atom. The quantitative estimate of drug-likeness (QED) is 0.429. The van der Waals surface area contributed by atoms with Gasteiger partial charge in [0.05, 0.1) is 16.9 Å². The standard InChI is InChI=1S/C12H21BN2O2/c1-9(8-10(2)15-14-7)13-16-11(3,4)12(5,6)17-13/h8H,1H2,2-7H3/b10-8-,15-14?. The van der Waals surface area contributed by atoms with E-state index in [-0.39, 0.29) is 11.2 Å². The largest absolute Gasteiger partial charge is 0.494 e. The van der Waals surface area contributed by atoms with E-state index in [4.69, 9.17) is 9.31 Å². The van der Waals surface area contributed by atoms with E-state index < -0.39 is 7.12 Å². The van der Waals surface area contributed by atoms with E-state index in [0.717, 1.165) is 11.2 Å². The molecule has 0 aromatic rings. The molecular formula is C12H21BN2O2. The molecule has 94 valence electrons. The summed E-state index contributed by atoms with van der Waals surface area (Å²) in [6.45, 7) is 13.9. The van der Waals surface area contributed by atoms with Crippen LogP contribution in [-0.2, 0) is 9.31 Å². The number of hydrogen-bond acceptors (Lipinski definition) is 4. The summed E-state index contributed by atoms with van der Waals surface area (Å²) in [6, 6.07) is 0. The molecule has 0 N–H and O–H groups in total. The predicted molar refractivity (Wildman–Crippen MR) is 69.8 cm³/mol. The number of hydrogen-bond donors (Lipinski definition) is 0. The van der Waals surface area contributed by atoms with E-state index in [2.05, 4.69) is 16.8 Å². The monoisotopic (exact) mass is 236 g/mol. The number of azo groups is 1. The summed E-state index contributed by atoms with van der Waals surface area (Å²) in [5.74, 6) is 0. The third-order valence-corrected chi connectivity index (χ3v) is 3.21. The highest BCUT2D eigenvalue weighted by Crippen LogP contribution is 2.38. The summed E-state index contributed by atoms with van der Waals surface area (Å²) >= 11 is 0. The first-order valence-corrected chi connectivity index (χ1v) is 5.72. The molecule has 0 unspecified atom stereocenters. The maximum Gasteiger partial charge on any atom is 0.494 e. The van der Waals surface area contributed by atoms with Crippen LogP contribution < -0.4 is 0 Å². The average Bonchev–Trinajstić information content (AvgIpc) is 2.36. The van der Waals surface area contributed by atoms with Crippen LogP contribution in [0.3, 0.4) is 0 Å².